The molecule has 3 nitrogen and oxygen atoms in total. The fraction of sp³-hybridized carbons (Fsp3) is 0.571. The predicted molar refractivity (Wildman–Crippen MR) is 69.1 cm³/mol. The number of rotatable bonds is 4. The Morgan fingerprint density at radius 3 is 2.35 bits per heavy atom. The number of likely N-dealkylation sites (tertiary alicyclic amines) is 1. The lowest BCUT2D eigenvalue weighted by atomic mass is 10.1. The largest absolute Gasteiger partial charge is 0.486 e. The third-order valence-corrected chi connectivity index (χ3v) is 3.20. The number of hydrogen-bond donors (Lipinski definition) is 0. The van der Waals surface area contributed by atoms with Crippen molar-refractivity contribution in [2.24, 2.45) is 0 Å². The Morgan fingerprint density at radius 1 is 1.15 bits per heavy atom. The van der Waals surface area contributed by atoms with Crippen LogP contribution in [-0.4, -0.2) is 43.9 Å². The van der Waals surface area contributed by atoms with Crippen molar-refractivity contribution in [2.45, 2.75) is 25.1 Å². The molecule has 1 saturated heterocycles. The van der Waals surface area contributed by atoms with Crippen LogP contribution < -0.4 is 9.47 Å². The van der Waals surface area contributed by atoms with E-state index < -0.39 is 12.8 Å². The highest BCUT2D eigenvalue weighted by Gasteiger charge is 2.29. The molecule has 0 aliphatic carbocycles. The van der Waals surface area contributed by atoms with E-state index in [1.54, 1.807) is 18.2 Å². The standard InChI is InChI=1S/C14H18F3NO2/c1-18-8-6-11(7-9-18)20-13-5-3-2-4-12(13)19-10-14(15,16)17/h2-5,11H,6-10H2,1H3. The summed E-state index contributed by atoms with van der Waals surface area (Å²) in [5, 5.41) is 0. The number of para-hydroxylation sites is 2. The Morgan fingerprint density at radius 2 is 1.75 bits per heavy atom. The minimum absolute atomic E-state index is 0.0295. The summed E-state index contributed by atoms with van der Waals surface area (Å²) in [6, 6.07) is 6.50. The summed E-state index contributed by atoms with van der Waals surface area (Å²) < 4.78 is 47.2. The molecule has 20 heavy (non-hydrogen) atoms. The molecule has 1 aliphatic rings. The molecule has 6 heteroatoms. The summed E-state index contributed by atoms with van der Waals surface area (Å²) in [7, 11) is 2.04. The van der Waals surface area contributed by atoms with Gasteiger partial charge in [0.05, 0.1) is 0 Å². The normalized spacial score (nSPS) is 18.0. The lowest BCUT2D eigenvalue weighted by Crippen LogP contribution is -2.35. The van der Waals surface area contributed by atoms with Gasteiger partial charge in [0, 0.05) is 13.1 Å². The molecule has 0 amide bonds. The molecule has 0 saturated carbocycles. The van der Waals surface area contributed by atoms with E-state index in [4.69, 9.17) is 9.47 Å². The number of benzene rings is 1. The van der Waals surface area contributed by atoms with E-state index in [1.807, 2.05) is 7.05 Å². The zero-order valence-corrected chi connectivity index (χ0v) is 11.3. The molecular weight excluding hydrogens is 271 g/mol. The minimum Gasteiger partial charge on any atom is -0.486 e. The maximum Gasteiger partial charge on any atom is 0.422 e. The van der Waals surface area contributed by atoms with Gasteiger partial charge in [0.2, 0.25) is 0 Å². The molecule has 0 aromatic heterocycles. The van der Waals surface area contributed by atoms with Gasteiger partial charge in [0.15, 0.2) is 18.1 Å². The van der Waals surface area contributed by atoms with E-state index in [1.165, 1.54) is 6.07 Å². The van der Waals surface area contributed by atoms with Crippen molar-refractivity contribution in [3.63, 3.8) is 0 Å². The third-order valence-electron chi connectivity index (χ3n) is 3.20. The molecule has 0 atom stereocenters. The van der Waals surface area contributed by atoms with Gasteiger partial charge in [0.1, 0.15) is 6.10 Å². The summed E-state index contributed by atoms with van der Waals surface area (Å²) >= 11 is 0. The number of piperidine rings is 1. The quantitative estimate of drug-likeness (QED) is 0.850. The molecule has 0 spiro atoms. The monoisotopic (exact) mass is 289 g/mol. The molecular formula is C14H18F3NO2. The number of halogens is 3. The molecule has 1 heterocycles. The summed E-state index contributed by atoms with van der Waals surface area (Å²) in [5.74, 6) is 0.523. The number of hydrogen-bond acceptors (Lipinski definition) is 3. The Labute approximate surface area is 116 Å². The molecule has 0 radical (unpaired) electrons. The van der Waals surface area contributed by atoms with Crippen molar-refractivity contribution in [1.29, 1.82) is 0 Å². The Kier molecular flexibility index (Phi) is 4.75. The Bertz CT molecular complexity index is 429. The summed E-state index contributed by atoms with van der Waals surface area (Å²) in [6.45, 7) is 0.549. The van der Waals surface area contributed by atoms with Crippen LogP contribution in [0.3, 0.4) is 0 Å². The van der Waals surface area contributed by atoms with Gasteiger partial charge in [-0.3, -0.25) is 0 Å². The van der Waals surface area contributed by atoms with Crippen LogP contribution in [0.15, 0.2) is 24.3 Å². The van der Waals surface area contributed by atoms with Crippen LogP contribution in [0.25, 0.3) is 0 Å². The topological polar surface area (TPSA) is 21.7 Å². The fourth-order valence-corrected chi connectivity index (χ4v) is 2.11. The van der Waals surface area contributed by atoms with Gasteiger partial charge in [-0.15, -0.1) is 0 Å². The van der Waals surface area contributed by atoms with Gasteiger partial charge in [-0.05, 0) is 32.0 Å². The van der Waals surface area contributed by atoms with Crippen molar-refractivity contribution in [2.75, 3.05) is 26.7 Å². The highest BCUT2D eigenvalue weighted by molar-refractivity contribution is 5.39. The van der Waals surface area contributed by atoms with Crippen LogP contribution in [0.2, 0.25) is 0 Å². The van der Waals surface area contributed by atoms with Gasteiger partial charge in [-0.2, -0.15) is 13.2 Å². The Balaban J connectivity index is 1.97. The lowest BCUT2D eigenvalue weighted by Gasteiger charge is -2.29. The first-order valence-electron chi connectivity index (χ1n) is 6.58. The van der Waals surface area contributed by atoms with Crippen molar-refractivity contribution in [3.05, 3.63) is 24.3 Å². The average molecular weight is 289 g/mol. The van der Waals surface area contributed by atoms with Crippen LogP contribution in [0.1, 0.15) is 12.8 Å². The van der Waals surface area contributed by atoms with Gasteiger partial charge in [-0.25, -0.2) is 0 Å². The minimum atomic E-state index is -4.35. The average Bonchev–Trinajstić information content (AvgIpc) is 2.39. The van der Waals surface area contributed by atoms with Crippen LogP contribution in [0, 0.1) is 0 Å². The number of nitrogens with zero attached hydrogens (tertiary/aromatic N) is 1. The molecule has 1 aliphatic heterocycles. The second-order valence-electron chi connectivity index (χ2n) is 4.97. The van der Waals surface area contributed by atoms with Crippen molar-refractivity contribution >= 4 is 0 Å². The molecule has 1 fully saturated rings. The summed E-state index contributed by atoms with van der Waals surface area (Å²) in [4.78, 5) is 2.20. The van der Waals surface area contributed by atoms with E-state index >= 15 is 0 Å². The Hall–Kier alpha value is -1.43. The van der Waals surface area contributed by atoms with Gasteiger partial charge >= 0.3 is 6.18 Å². The van der Waals surface area contributed by atoms with Crippen molar-refractivity contribution in [3.8, 4) is 11.5 Å². The van der Waals surface area contributed by atoms with Crippen LogP contribution in [0.5, 0.6) is 11.5 Å². The zero-order valence-electron chi connectivity index (χ0n) is 11.3. The smallest absolute Gasteiger partial charge is 0.422 e. The molecule has 0 unspecified atom stereocenters. The SMILES string of the molecule is CN1CCC(Oc2ccccc2OCC(F)(F)F)CC1. The number of alkyl halides is 3. The van der Waals surface area contributed by atoms with E-state index in [9.17, 15) is 13.2 Å². The van der Waals surface area contributed by atoms with Gasteiger partial charge < -0.3 is 14.4 Å². The van der Waals surface area contributed by atoms with Crippen molar-refractivity contribution in [1.82, 2.24) is 4.90 Å². The summed E-state index contributed by atoms with van der Waals surface area (Å²) in [6.07, 6.45) is -2.59. The van der Waals surface area contributed by atoms with E-state index in [-0.39, 0.29) is 11.9 Å². The van der Waals surface area contributed by atoms with Gasteiger partial charge in [0.25, 0.3) is 0 Å². The van der Waals surface area contributed by atoms with Crippen LogP contribution in [-0.2, 0) is 0 Å². The fourth-order valence-electron chi connectivity index (χ4n) is 2.11. The van der Waals surface area contributed by atoms with E-state index in [0.717, 1.165) is 25.9 Å². The van der Waals surface area contributed by atoms with Crippen LogP contribution in [0.4, 0.5) is 13.2 Å². The lowest BCUT2D eigenvalue weighted by molar-refractivity contribution is -0.153. The van der Waals surface area contributed by atoms with Gasteiger partial charge in [-0.1, -0.05) is 12.1 Å². The first kappa shape index (κ1) is 15.0. The molecule has 1 aromatic rings. The highest BCUT2D eigenvalue weighted by Crippen LogP contribution is 2.30. The van der Waals surface area contributed by atoms with E-state index in [0.29, 0.717) is 5.75 Å². The first-order valence-corrected chi connectivity index (χ1v) is 6.58. The number of ether oxygens (including phenoxy) is 2. The second kappa shape index (κ2) is 6.35. The molecule has 112 valence electrons. The third kappa shape index (κ3) is 4.59. The maximum atomic E-state index is 12.2. The molecule has 0 bridgehead atoms. The maximum absolute atomic E-state index is 12.2. The molecule has 1 aromatic carbocycles. The second-order valence-corrected chi connectivity index (χ2v) is 4.97. The zero-order chi connectivity index (χ0) is 14.6. The predicted octanol–water partition coefficient (Wildman–Crippen LogP) is 3.10. The summed E-state index contributed by atoms with van der Waals surface area (Å²) in [5.41, 5.74) is 0. The molecule has 2 rings (SSSR count). The molecule has 0 N–H and O–H groups in total. The van der Waals surface area contributed by atoms with Crippen molar-refractivity contribution < 1.29 is 22.6 Å². The van der Waals surface area contributed by atoms with E-state index in [2.05, 4.69) is 4.90 Å². The highest BCUT2D eigenvalue weighted by atomic mass is 19.4. The van der Waals surface area contributed by atoms with Crippen LogP contribution >= 0.6 is 0 Å². The first-order chi connectivity index (χ1) is 9.44.